The summed E-state index contributed by atoms with van der Waals surface area (Å²) in [5.74, 6) is 2.40. The van der Waals surface area contributed by atoms with Crippen molar-refractivity contribution in [1.82, 2.24) is 15.1 Å². The van der Waals surface area contributed by atoms with E-state index in [1.54, 1.807) is 11.3 Å². The summed E-state index contributed by atoms with van der Waals surface area (Å²) in [4.78, 5) is 11.2. The standard InChI is InChI=1S/C18H15N3OS2/c1-2-6-14-13(5-1)15(9-10-19-14)23-12-4-8-17-20-18(21-22-17)16-7-3-11-24-16/h1-3,5-7,9-11H,4,8,12H2. The minimum atomic E-state index is 0.688. The zero-order chi connectivity index (χ0) is 16.2. The van der Waals surface area contributed by atoms with Crippen LogP contribution in [0.1, 0.15) is 12.3 Å². The lowest BCUT2D eigenvalue weighted by molar-refractivity contribution is 0.378. The molecular weight excluding hydrogens is 338 g/mol. The van der Waals surface area contributed by atoms with Gasteiger partial charge in [-0.1, -0.05) is 29.4 Å². The number of para-hydroxylation sites is 1. The number of benzene rings is 1. The summed E-state index contributed by atoms with van der Waals surface area (Å²) in [6.45, 7) is 0. The summed E-state index contributed by atoms with van der Waals surface area (Å²) in [5.41, 5.74) is 1.04. The fraction of sp³-hybridized carbons (Fsp3) is 0.167. The SMILES string of the molecule is c1csc(-c2noc(CCCSc3ccnc4ccccc34)n2)c1. The third kappa shape index (κ3) is 3.34. The van der Waals surface area contributed by atoms with Crippen LogP contribution in [0.2, 0.25) is 0 Å². The number of thioether (sulfide) groups is 1. The first kappa shape index (κ1) is 15.4. The van der Waals surface area contributed by atoms with E-state index in [0.29, 0.717) is 11.7 Å². The van der Waals surface area contributed by atoms with Gasteiger partial charge in [-0.05, 0) is 35.8 Å². The Hall–Kier alpha value is -2.18. The van der Waals surface area contributed by atoms with E-state index in [0.717, 1.165) is 29.0 Å². The highest BCUT2D eigenvalue weighted by Gasteiger charge is 2.09. The van der Waals surface area contributed by atoms with Crippen LogP contribution >= 0.6 is 23.1 Å². The summed E-state index contributed by atoms with van der Waals surface area (Å²) < 4.78 is 5.34. The predicted molar refractivity (Wildman–Crippen MR) is 98.4 cm³/mol. The second kappa shape index (κ2) is 7.15. The highest BCUT2D eigenvalue weighted by Crippen LogP contribution is 2.27. The van der Waals surface area contributed by atoms with Gasteiger partial charge < -0.3 is 4.52 Å². The van der Waals surface area contributed by atoms with Crippen LogP contribution in [0.5, 0.6) is 0 Å². The second-order valence-corrected chi connectivity index (χ2v) is 7.35. The molecule has 0 amide bonds. The molecule has 0 fully saturated rings. The van der Waals surface area contributed by atoms with Crippen LogP contribution in [-0.4, -0.2) is 20.9 Å². The van der Waals surface area contributed by atoms with E-state index in [2.05, 4.69) is 33.3 Å². The Morgan fingerprint density at radius 2 is 2.04 bits per heavy atom. The Morgan fingerprint density at radius 3 is 2.96 bits per heavy atom. The maximum absolute atomic E-state index is 5.34. The number of aryl methyl sites for hydroxylation is 1. The predicted octanol–water partition coefficient (Wildman–Crippen LogP) is 5.07. The molecule has 0 aliphatic heterocycles. The molecule has 0 atom stereocenters. The first-order valence-electron chi connectivity index (χ1n) is 7.73. The zero-order valence-corrected chi connectivity index (χ0v) is 14.5. The van der Waals surface area contributed by atoms with E-state index < -0.39 is 0 Å². The Bertz CT molecular complexity index is 929. The lowest BCUT2D eigenvalue weighted by atomic mass is 10.2. The van der Waals surface area contributed by atoms with Crippen molar-refractivity contribution in [1.29, 1.82) is 0 Å². The van der Waals surface area contributed by atoms with Crippen LogP contribution in [0.25, 0.3) is 21.6 Å². The summed E-state index contributed by atoms with van der Waals surface area (Å²) in [7, 11) is 0. The van der Waals surface area contributed by atoms with Gasteiger partial charge in [0.25, 0.3) is 0 Å². The molecule has 0 saturated heterocycles. The molecular formula is C18H15N3OS2. The molecule has 3 heterocycles. The average Bonchev–Trinajstić information content (AvgIpc) is 3.30. The van der Waals surface area contributed by atoms with Crippen LogP contribution in [0, 0.1) is 0 Å². The van der Waals surface area contributed by atoms with E-state index in [4.69, 9.17) is 4.52 Å². The highest BCUT2D eigenvalue weighted by atomic mass is 32.2. The molecule has 0 N–H and O–H groups in total. The van der Waals surface area contributed by atoms with Gasteiger partial charge in [-0.2, -0.15) is 4.98 Å². The summed E-state index contributed by atoms with van der Waals surface area (Å²) in [6, 6.07) is 14.3. The van der Waals surface area contributed by atoms with Gasteiger partial charge in [0.05, 0.1) is 10.4 Å². The van der Waals surface area contributed by atoms with Crippen molar-refractivity contribution < 1.29 is 4.52 Å². The van der Waals surface area contributed by atoms with Crippen molar-refractivity contribution in [2.45, 2.75) is 17.7 Å². The van der Waals surface area contributed by atoms with Gasteiger partial charge >= 0.3 is 0 Å². The third-order valence-corrected chi connectivity index (χ3v) is 5.64. The number of aromatic nitrogens is 3. The molecule has 0 spiro atoms. The number of thiophene rings is 1. The topological polar surface area (TPSA) is 51.8 Å². The zero-order valence-electron chi connectivity index (χ0n) is 12.9. The van der Waals surface area contributed by atoms with Gasteiger partial charge in [-0.25, -0.2) is 0 Å². The monoisotopic (exact) mass is 353 g/mol. The van der Waals surface area contributed by atoms with Crippen molar-refractivity contribution in [3.05, 3.63) is 59.9 Å². The largest absolute Gasteiger partial charge is 0.339 e. The van der Waals surface area contributed by atoms with Crippen LogP contribution in [0.3, 0.4) is 0 Å². The molecule has 0 radical (unpaired) electrons. The first-order chi connectivity index (χ1) is 11.9. The lowest BCUT2D eigenvalue weighted by Crippen LogP contribution is -1.89. The fourth-order valence-electron chi connectivity index (χ4n) is 2.46. The van der Waals surface area contributed by atoms with E-state index in [1.807, 2.05) is 47.6 Å². The van der Waals surface area contributed by atoms with Gasteiger partial charge in [0.2, 0.25) is 11.7 Å². The van der Waals surface area contributed by atoms with Crippen molar-refractivity contribution in [3.8, 4) is 10.7 Å². The highest BCUT2D eigenvalue weighted by molar-refractivity contribution is 7.99. The smallest absolute Gasteiger partial charge is 0.227 e. The molecule has 4 nitrogen and oxygen atoms in total. The van der Waals surface area contributed by atoms with Crippen molar-refractivity contribution in [3.63, 3.8) is 0 Å². The fourth-order valence-corrected chi connectivity index (χ4v) is 4.11. The van der Waals surface area contributed by atoms with Gasteiger partial charge in [-0.3, -0.25) is 4.98 Å². The molecule has 0 unspecified atom stereocenters. The molecule has 120 valence electrons. The van der Waals surface area contributed by atoms with Crippen molar-refractivity contribution in [2.24, 2.45) is 0 Å². The molecule has 3 aromatic heterocycles. The van der Waals surface area contributed by atoms with Crippen LogP contribution < -0.4 is 0 Å². The Labute approximate surface area is 147 Å². The van der Waals surface area contributed by atoms with Crippen molar-refractivity contribution >= 4 is 34.0 Å². The molecule has 6 heteroatoms. The van der Waals surface area contributed by atoms with Crippen LogP contribution in [-0.2, 0) is 6.42 Å². The van der Waals surface area contributed by atoms with Gasteiger partial charge in [-0.15, -0.1) is 23.1 Å². The van der Waals surface area contributed by atoms with Crippen LogP contribution in [0.15, 0.2) is 63.5 Å². The van der Waals surface area contributed by atoms with E-state index >= 15 is 0 Å². The van der Waals surface area contributed by atoms with E-state index in [-0.39, 0.29) is 0 Å². The number of nitrogens with zero attached hydrogens (tertiary/aromatic N) is 3. The maximum atomic E-state index is 5.34. The molecule has 4 aromatic rings. The normalized spacial score (nSPS) is 11.2. The van der Waals surface area contributed by atoms with Crippen molar-refractivity contribution in [2.75, 3.05) is 5.75 Å². The number of fused-ring (bicyclic) bond motifs is 1. The van der Waals surface area contributed by atoms with Gasteiger partial charge in [0.15, 0.2) is 0 Å². The Morgan fingerprint density at radius 1 is 1.08 bits per heavy atom. The number of rotatable bonds is 6. The quantitative estimate of drug-likeness (QED) is 0.358. The minimum Gasteiger partial charge on any atom is -0.339 e. The van der Waals surface area contributed by atoms with E-state index in [9.17, 15) is 0 Å². The van der Waals surface area contributed by atoms with Crippen LogP contribution in [0.4, 0.5) is 0 Å². The van der Waals surface area contributed by atoms with E-state index in [1.165, 1.54) is 10.3 Å². The molecule has 24 heavy (non-hydrogen) atoms. The summed E-state index contributed by atoms with van der Waals surface area (Å²) in [6.07, 6.45) is 3.66. The molecule has 4 rings (SSSR count). The summed E-state index contributed by atoms with van der Waals surface area (Å²) >= 11 is 3.47. The molecule has 0 saturated carbocycles. The molecule has 0 aliphatic carbocycles. The number of hydrogen-bond donors (Lipinski definition) is 0. The van der Waals surface area contributed by atoms with Gasteiger partial charge in [0, 0.05) is 22.9 Å². The molecule has 0 bridgehead atoms. The summed E-state index contributed by atoms with van der Waals surface area (Å²) in [5, 5.41) is 7.27. The van der Waals surface area contributed by atoms with Gasteiger partial charge in [0.1, 0.15) is 0 Å². The number of hydrogen-bond acceptors (Lipinski definition) is 6. The average molecular weight is 353 g/mol. The Balaban J connectivity index is 1.35. The Kier molecular flexibility index (Phi) is 4.57. The second-order valence-electron chi connectivity index (χ2n) is 5.27. The molecule has 1 aromatic carbocycles. The minimum absolute atomic E-state index is 0.688. The molecule has 0 aliphatic rings. The third-order valence-electron chi connectivity index (χ3n) is 3.61. The lowest BCUT2D eigenvalue weighted by Gasteiger charge is -2.04. The first-order valence-corrected chi connectivity index (χ1v) is 9.60. The number of pyridine rings is 1. The maximum Gasteiger partial charge on any atom is 0.227 e.